The third-order valence-electron chi connectivity index (χ3n) is 4.71. The first-order chi connectivity index (χ1) is 12.3. The summed E-state index contributed by atoms with van der Waals surface area (Å²) in [6.45, 7) is 5.17. The largest absolute Gasteiger partial charge is 0.492 e. The number of aliphatic hydroxyl groups excluding tert-OH is 1. The molecule has 1 aromatic carbocycles. The predicted octanol–water partition coefficient (Wildman–Crippen LogP) is 3.31. The monoisotopic (exact) mass is 357 g/mol. The zero-order valence-corrected chi connectivity index (χ0v) is 15.0. The maximum Gasteiger partial charge on any atom is 0.120 e. The molecule has 1 atom stereocenters. The van der Waals surface area contributed by atoms with E-state index >= 15 is 0 Å². The summed E-state index contributed by atoms with van der Waals surface area (Å²) < 4.78 is 11.3. The van der Waals surface area contributed by atoms with E-state index in [0.717, 1.165) is 66.0 Å². The van der Waals surface area contributed by atoms with Crippen LogP contribution in [0.25, 0.3) is 0 Å². The van der Waals surface area contributed by atoms with Crippen LogP contribution in [0.1, 0.15) is 18.1 Å². The third kappa shape index (κ3) is 3.85. The molecule has 5 heteroatoms. The number of aliphatic hydroxyl groups is 1. The second kappa shape index (κ2) is 7.79. The highest BCUT2D eigenvalue weighted by Crippen LogP contribution is 2.48. The number of rotatable bonds is 4. The molecule has 1 saturated heterocycles. The molecule has 25 heavy (non-hydrogen) atoms. The van der Waals surface area contributed by atoms with E-state index in [0.29, 0.717) is 6.61 Å². The highest BCUT2D eigenvalue weighted by atomic mass is 32.2. The van der Waals surface area contributed by atoms with Gasteiger partial charge in [-0.1, -0.05) is 42.1 Å². The highest BCUT2D eigenvalue weighted by molar-refractivity contribution is 8.03. The van der Waals surface area contributed by atoms with Crippen LogP contribution in [0.4, 0.5) is 0 Å². The molecule has 3 aliphatic rings. The first-order valence-electron chi connectivity index (χ1n) is 8.81. The predicted molar refractivity (Wildman–Crippen MR) is 99.9 cm³/mol. The topological polar surface area (TPSA) is 41.9 Å². The smallest absolute Gasteiger partial charge is 0.120 e. The number of morpholine rings is 1. The Labute approximate surface area is 152 Å². The van der Waals surface area contributed by atoms with E-state index in [1.54, 1.807) is 11.8 Å². The number of thioether (sulfide) groups is 1. The van der Waals surface area contributed by atoms with E-state index in [1.807, 2.05) is 24.3 Å². The SMILES string of the molecule is OC1C2=CC=CCC=C2Sc2cc(OCCN3CCOCC3)ccc21. The summed E-state index contributed by atoms with van der Waals surface area (Å²) in [5.74, 6) is 0.867. The molecule has 4 rings (SSSR count). The second-order valence-corrected chi connectivity index (χ2v) is 7.44. The Balaban J connectivity index is 1.44. The molecular formula is C20H23NO3S. The maximum atomic E-state index is 10.7. The third-order valence-corrected chi connectivity index (χ3v) is 5.91. The van der Waals surface area contributed by atoms with Gasteiger partial charge in [-0.3, -0.25) is 4.90 Å². The van der Waals surface area contributed by atoms with Crippen molar-refractivity contribution in [1.29, 1.82) is 0 Å². The van der Waals surface area contributed by atoms with Crippen molar-refractivity contribution in [1.82, 2.24) is 4.90 Å². The van der Waals surface area contributed by atoms with E-state index in [4.69, 9.17) is 9.47 Å². The van der Waals surface area contributed by atoms with Crippen molar-refractivity contribution < 1.29 is 14.6 Å². The van der Waals surface area contributed by atoms with Gasteiger partial charge < -0.3 is 14.6 Å². The molecule has 0 radical (unpaired) electrons. The molecule has 2 aliphatic heterocycles. The van der Waals surface area contributed by atoms with Gasteiger partial charge in [0.2, 0.25) is 0 Å². The Morgan fingerprint density at radius 1 is 1.28 bits per heavy atom. The molecule has 0 saturated carbocycles. The molecule has 1 fully saturated rings. The average Bonchev–Trinajstić information content (AvgIpc) is 2.88. The Morgan fingerprint density at radius 2 is 2.16 bits per heavy atom. The lowest BCUT2D eigenvalue weighted by Crippen LogP contribution is -2.38. The fraction of sp³-hybridized carbons (Fsp3) is 0.400. The zero-order valence-electron chi connectivity index (χ0n) is 14.2. The number of ether oxygens (including phenoxy) is 2. The lowest BCUT2D eigenvalue weighted by Gasteiger charge is -2.27. The van der Waals surface area contributed by atoms with Crippen LogP contribution in [0.3, 0.4) is 0 Å². The van der Waals surface area contributed by atoms with Gasteiger partial charge in [0.25, 0.3) is 0 Å². The van der Waals surface area contributed by atoms with Gasteiger partial charge in [0.05, 0.1) is 13.2 Å². The fourth-order valence-electron chi connectivity index (χ4n) is 3.27. The number of hydrogen-bond acceptors (Lipinski definition) is 5. The van der Waals surface area contributed by atoms with Crippen LogP contribution in [-0.4, -0.2) is 49.5 Å². The van der Waals surface area contributed by atoms with Crippen LogP contribution in [0, 0.1) is 0 Å². The van der Waals surface area contributed by atoms with E-state index < -0.39 is 6.10 Å². The first kappa shape index (κ1) is 16.9. The number of nitrogens with zero attached hydrogens (tertiary/aromatic N) is 1. The average molecular weight is 357 g/mol. The van der Waals surface area contributed by atoms with Crippen LogP contribution < -0.4 is 4.74 Å². The summed E-state index contributed by atoms with van der Waals surface area (Å²) in [5.41, 5.74) is 1.96. The summed E-state index contributed by atoms with van der Waals surface area (Å²) in [6.07, 6.45) is 8.67. The van der Waals surface area contributed by atoms with Crippen molar-refractivity contribution in [3.8, 4) is 5.75 Å². The summed E-state index contributed by atoms with van der Waals surface area (Å²) in [7, 11) is 0. The molecule has 1 unspecified atom stereocenters. The molecule has 4 nitrogen and oxygen atoms in total. The van der Waals surface area contributed by atoms with E-state index in [-0.39, 0.29) is 0 Å². The molecule has 132 valence electrons. The molecule has 1 aliphatic carbocycles. The zero-order chi connectivity index (χ0) is 17.1. The normalized spacial score (nSPS) is 23.2. The van der Waals surface area contributed by atoms with Gasteiger partial charge in [-0.2, -0.15) is 0 Å². The lowest BCUT2D eigenvalue weighted by molar-refractivity contribution is 0.0322. The van der Waals surface area contributed by atoms with Gasteiger partial charge in [-0.15, -0.1) is 0 Å². The molecule has 0 spiro atoms. The van der Waals surface area contributed by atoms with Crippen molar-refractivity contribution >= 4 is 11.8 Å². The van der Waals surface area contributed by atoms with Crippen molar-refractivity contribution in [2.24, 2.45) is 0 Å². The Hall–Kier alpha value is -1.53. The van der Waals surface area contributed by atoms with Crippen LogP contribution in [0.5, 0.6) is 5.75 Å². The fourth-order valence-corrected chi connectivity index (χ4v) is 4.46. The molecule has 0 bridgehead atoms. The minimum Gasteiger partial charge on any atom is -0.492 e. The molecule has 0 amide bonds. The van der Waals surface area contributed by atoms with Gasteiger partial charge in [0.1, 0.15) is 18.5 Å². The quantitative estimate of drug-likeness (QED) is 0.895. The molecular weight excluding hydrogens is 334 g/mol. The van der Waals surface area contributed by atoms with Crippen molar-refractivity contribution in [2.45, 2.75) is 17.4 Å². The van der Waals surface area contributed by atoms with Crippen LogP contribution >= 0.6 is 11.8 Å². The standard InChI is InChI=1S/C20H23NO3S/c22-20-16-4-2-1-3-5-18(16)25-19-14-15(6-7-17(19)20)24-13-10-21-8-11-23-12-9-21/h1-2,4-7,14,20,22H,3,8-13H2. The lowest BCUT2D eigenvalue weighted by atomic mass is 10.00. The second-order valence-electron chi connectivity index (χ2n) is 6.36. The van der Waals surface area contributed by atoms with Crippen molar-refractivity contribution in [2.75, 3.05) is 39.5 Å². The number of hydrogen-bond donors (Lipinski definition) is 1. The summed E-state index contributed by atoms with van der Waals surface area (Å²) in [6, 6.07) is 6.01. The highest BCUT2D eigenvalue weighted by Gasteiger charge is 2.27. The van der Waals surface area contributed by atoms with E-state index in [9.17, 15) is 5.11 Å². The van der Waals surface area contributed by atoms with Gasteiger partial charge in [-0.05, 0) is 29.7 Å². The maximum absolute atomic E-state index is 10.7. The Kier molecular flexibility index (Phi) is 5.27. The van der Waals surface area contributed by atoms with Gasteiger partial charge >= 0.3 is 0 Å². The van der Waals surface area contributed by atoms with Crippen molar-refractivity contribution in [3.63, 3.8) is 0 Å². The van der Waals surface area contributed by atoms with Gasteiger partial charge in [0, 0.05) is 29.4 Å². The molecule has 2 heterocycles. The first-order valence-corrected chi connectivity index (χ1v) is 9.63. The van der Waals surface area contributed by atoms with Crippen LogP contribution in [-0.2, 0) is 4.74 Å². The van der Waals surface area contributed by atoms with Gasteiger partial charge in [-0.25, -0.2) is 0 Å². The van der Waals surface area contributed by atoms with E-state index in [2.05, 4.69) is 23.1 Å². The number of benzene rings is 1. The molecule has 1 N–H and O–H groups in total. The Morgan fingerprint density at radius 3 is 3.04 bits per heavy atom. The minimum absolute atomic E-state index is 0.562. The van der Waals surface area contributed by atoms with Gasteiger partial charge in [0.15, 0.2) is 0 Å². The summed E-state index contributed by atoms with van der Waals surface area (Å²) in [4.78, 5) is 4.60. The van der Waals surface area contributed by atoms with E-state index in [1.165, 1.54) is 0 Å². The number of allylic oxidation sites excluding steroid dienone is 4. The van der Waals surface area contributed by atoms with Crippen molar-refractivity contribution in [3.05, 3.63) is 58.5 Å². The number of fused-ring (bicyclic) bond motifs is 2. The van der Waals surface area contributed by atoms with Crippen LogP contribution in [0.2, 0.25) is 0 Å². The molecule has 0 aromatic heterocycles. The minimum atomic E-state index is -0.562. The summed E-state index contributed by atoms with van der Waals surface area (Å²) in [5, 5.41) is 10.7. The van der Waals surface area contributed by atoms with Crippen LogP contribution in [0.15, 0.2) is 57.9 Å². The summed E-state index contributed by atoms with van der Waals surface area (Å²) >= 11 is 1.72. The Bertz CT molecular complexity index is 720. The molecule has 1 aromatic rings.